The van der Waals surface area contributed by atoms with Crippen molar-refractivity contribution in [2.24, 2.45) is 5.92 Å². The zero-order valence-corrected chi connectivity index (χ0v) is 14.7. The fraction of sp³-hybridized carbons (Fsp3) is 0.579. The molecule has 4 nitrogen and oxygen atoms in total. The van der Waals surface area contributed by atoms with E-state index in [9.17, 15) is 9.59 Å². The van der Waals surface area contributed by atoms with Crippen LogP contribution in [0.25, 0.3) is 0 Å². The molecule has 0 unspecified atom stereocenters. The van der Waals surface area contributed by atoms with Crippen molar-refractivity contribution < 1.29 is 9.59 Å². The van der Waals surface area contributed by atoms with Gasteiger partial charge in [-0.2, -0.15) is 0 Å². The third kappa shape index (κ3) is 9.01. The van der Waals surface area contributed by atoms with Gasteiger partial charge in [-0.3, -0.25) is 9.59 Å². The number of rotatable bonds is 10. The van der Waals surface area contributed by atoms with Crippen LogP contribution in [0.3, 0.4) is 0 Å². The van der Waals surface area contributed by atoms with Crippen molar-refractivity contribution in [2.75, 3.05) is 19.6 Å². The Kier molecular flexibility index (Phi) is 9.03. The molecule has 0 aliphatic heterocycles. The van der Waals surface area contributed by atoms with Gasteiger partial charge in [0, 0.05) is 33.0 Å². The highest BCUT2D eigenvalue weighted by Gasteiger charge is 2.11. The smallest absolute Gasteiger partial charge is 0.221 e. The van der Waals surface area contributed by atoms with Crippen LogP contribution in [0, 0.1) is 5.92 Å². The van der Waals surface area contributed by atoms with Gasteiger partial charge in [0.1, 0.15) is 0 Å². The zero-order valence-electron chi connectivity index (χ0n) is 14.7. The average Bonchev–Trinajstić information content (AvgIpc) is 2.52. The second-order valence-corrected chi connectivity index (χ2v) is 6.38. The Labute approximate surface area is 140 Å². The standard InChI is InChI=1S/C19H30N2O2/c1-16(2)11-14-21(17(3)22)15-12-19(23)20-13-7-10-18-8-5-4-6-9-18/h4-6,8-9,16H,7,10-15H2,1-3H3,(H,20,23). The van der Waals surface area contributed by atoms with Gasteiger partial charge in [0.15, 0.2) is 0 Å². The number of carbonyl (C=O) groups excluding carboxylic acids is 2. The summed E-state index contributed by atoms with van der Waals surface area (Å²) in [6.45, 7) is 7.76. The Hall–Kier alpha value is -1.84. The van der Waals surface area contributed by atoms with Crippen LogP contribution in [0.5, 0.6) is 0 Å². The molecule has 23 heavy (non-hydrogen) atoms. The SMILES string of the molecule is CC(=O)N(CCC(=O)NCCCc1ccccc1)CCC(C)C. The second kappa shape index (κ2) is 10.8. The first kappa shape index (κ1) is 19.2. The molecule has 0 fully saturated rings. The molecule has 0 saturated carbocycles. The topological polar surface area (TPSA) is 49.4 Å². The average molecular weight is 318 g/mol. The molecule has 0 saturated heterocycles. The Morgan fingerprint density at radius 2 is 1.83 bits per heavy atom. The van der Waals surface area contributed by atoms with Crippen LogP contribution in [0.15, 0.2) is 30.3 Å². The summed E-state index contributed by atoms with van der Waals surface area (Å²) in [5, 5.41) is 2.94. The summed E-state index contributed by atoms with van der Waals surface area (Å²) >= 11 is 0. The molecule has 0 spiro atoms. The largest absolute Gasteiger partial charge is 0.356 e. The third-order valence-corrected chi connectivity index (χ3v) is 3.84. The fourth-order valence-electron chi connectivity index (χ4n) is 2.33. The van der Waals surface area contributed by atoms with E-state index in [0.717, 1.165) is 25.8 Å². The molecule has 0 radical (unpaired) electrons. The van der Waals surface area contributed by atoms with Gasteiger partial charge in [-0.1, -0.05) is 44.2 Å². The van der Waals surface area contributed by atoms with E-state index in [1.54, 1.807) is 11.8 Å². The predicted octanol–water partition coefficient (Wildman–Crippen LogP) is 3.02. The number of aryl methyl sites for hydroxylation is 1. The molecule has 0 aromatic heterocycles. The maximum absolute atomic E-state index is 11.9. The number of hydrogen-bond acceptors (Lipinski definition) is 2. The Morgan fingerprint density at radius 1 is 1.13 bits per heavy atom. The molecule has 1 aromatic rings. The van der Waals surface area contributed by atoms with E-state index >= 15 is 0 Å². The van der Waals surface area contributed by atoms with Gasteiger partial charge in [-0.05, 0) is 30.7 Å². The number of carbonyl (C=O) groups is 2. The highest BCUT2D eigenvalue weighted by molar-refractivity contribution is 5.77. The number of hydrogen-bond donors (Lipinski definition) is 1. The molecule has 2 amide bonds. The van der Waals surface area contributed by atoms with Crippen molar-refractivity contribution in [1.29, 1.82) is 0 Å². The first-order valence-electron chi connectivity index (χ1n) is 8.55. The molecular formula is C19H30N2O2. The Balaban J connectivity index is 2.18. The Bertz CT molecular complexity index is 472. The van der Waals surface area contributed by atoms with Gasteiger partial charge >= 0.3 is 0 Å². The van der Waals surface area contributed by atoms with Gasteiger partial charge in [0.05, 0.1) is 0 Å². The minimum absolute atomic E-state index is 0.0221. The normalized spacial score (nSPS) is 10.6. The first-order chi connectivity index (χ1) is 11.0. The summed E-state index contributed by atoms with van der Waals surface area (Å²) in [5.41, 5.74) is 1.29. The van der Waals surface area contributed by atoms with Crippen LogP contribution in [-0.2, 0) is 16.0 Å². The molecule has 128 valence electrons. The molecule has 0 bridgehead atoms. The molecule has 0 atom stereocenters. The summed E-state index contributed by atoms with van der Waals surface area (Å²) in [7, 11) is 0. The molecule has 1 N–H and O–H groups in total. The van der Waals surface area contributed by atoms with Crippen molar-refractivity contribution in [3.8, 4) is 0 Å². The summed E-state index contributed by atoms with van der Waals surface area (Å²) in [6, 6.07) is 10.3. The van der Waals surface area contributed by atoms with Crippen LogP contribution in [-0.4, -0.2) is 36.3 Å². The second-order valence-electron chi connectivity index (χ2n) is 6.38. The lowest BCUT2D eigenvalue weighted by atomic mass is 10.1. The number of nitrogens with zero attached hydrogens (tertiary/aromatic N) is 1. The highest BCUT2D eigenvalue weighted by atomic mass is 16.2. The molecule has 1 rings (SSSR count). The van der Waals surface area contributed by atoms with Crippen molar-refractivity contribution >= 4 is 11.8 Å². The number of nitrogens with one attached hydrogen (secondary N) is 1. The van der Waals surface area contributed by atoms with Crippen molar-refractivity contribution in [3.05, 3.63) is 35.9 Å². The van der Waals surface area contributed by atoms with Crippen LogP contribution in [0.4, 0.5) is 0 Å². The van der Waals surface area contributed by atoms with E-state index < -0.39 is 0 Å². The molecule has 0 aliphatic carbocycles. The lowest BCUT2D eigenvalue weighted by molar-refractivity contribution is -0.129. The maximum Gasteiger partial charge on any atom is 0.221 e. The zero-order chi connectivity index (χ0) is 17.1. The quantitative estimate of drug-likeness (QED) is 0.674. The highest BCUT2D eigenvalue weighted by Crippen LogP contribution is 2.04. The van der Waals surface area contributed by atoms with E-state index in [4.69, 9.17) is 0 Å². The van der Waals surface area contributed by atoms with Gasteiger partial charge < -0.3 is 10.2 Å². The minimum atomic E-state index is 0.0221. The summed E-state index contributed by atoms with van der Waals surface area (Å²) in [5.74, 6) is 0.625. The fourth-order valence-corrected chi connectivity index (χ4v) is 2.33. The Morgan fingerprint density at radius 3 is 2.43 bits per heavy atom. The van der Waals surface area contributed by atoms with Crippen molar-refractivity contribution in [3.63, 3.8) is 0 Å². The monoisotopic (exact) mass is 318 g/mol. The van der Waals surface area contributed by atoms with E-state index in [-0.39, 0.29) is 11.8 Å². The van der Waals surface area contributed by atoms with Gasteiger partial charge in [0.2, 0.25) is 11.8 Å². The minimum Gasteiger partial charge on any atom is -0.356 e. The van der Waals surface area contributed by atoms with Crippen LogP contribution in [0.2, 0.25) is 0 Å². The maximum atomic E-state index is 11.9. The van der Waals surface area contributed by atoms with Crippen LogP contribution < -0.4 is 5.32 Å². The van der Waals surface area contributed by atoms with E-state index in [1.165, 1.54) is 5.56 Å². The van der Waals surface area contributed by atoms with E-state index in [0.29, 0.717) is 25.4 Å². The van der Waals surface area contributed by atoms with Gasteiger partial charge in [-0.15, -0.1) is 0 Å². The van der Waals surface area contributed by atoms with Gasteiger partial charge in [0.25, 0.3) is 0 Å². The summed E-state index contributed by atoms with van der Waals surface area (Å²) in [6.07, 6.45) is 3.25. The lowest BCUT2D eigenvalue weighted by Crippen LogP contribution is -2.35. The third-order valence-electron chi connectivity index (χ3n) is 3.84. The van der Waals surface area contributed by atoms with Crippen molar-refractivity contribution in [2.45, 2.75) is 46.5 Å². The summed E-state index contributed by atoms with van der Waals surface area (Å²) < 4.78 is 0. The molecule has 0 heterocycles. The molecular weight excluding hydrogens is 288 g/mol. The van der Waals surface area contributed by atoms with E-state index in [2.05, 4.69) is 31.3 Å². The summed E-state index contributed by atoms with van der Waals surface area (Å²) in [4.78, 5) is 25.2. The van der Waals surface area contributed by atoms with E-state index in [1.807, 2.05) is 18.2 Å². The number of benzene rings is 1. The van der Waals surface area contributed by atoms with Crippen LogP contribution >= 0.6 is 0 Å². The first-order valence-corrected chi connectivity index (χ1v) is 8.55. The molecule has 1 aromatic carbocycles. The number of amides is 2. The lowest BCUT2D eigenvalue weighted by Gasteiger charge is -2.21. The molecule has 0 aliphatic rings. The molecule has 4 heteroatoms. The van der Waals surface area contributed by atoms with Gasteiger partial charge in [-0.25, -0.2) is 0 Å². The van der Waals surface area contributed by atoms with Crippen molar-refractivity contribution in [1.82, 2.24) is 10.2 Å². The van der Waals surface area contributed by atoms with Crippen LogP contribution in [0.1, 0.15) is 45.6 Å². The predicted molar refractivity (Wildman–Crippen MR) is 94.1 cm³/mol.